The number of nitrogens with zero attached hydrogens (tertiary/aromatic N) is 3. The molecule has 0 saturated carbocycles. The second-order valence-corrected chi connectivity index (χ2v) is 5.40. The van der Waals surface area contributed by atoms with Crippen molar-refractivity contribution in [2.24, 2.45) is 4.99 Å². The quantitative estimate of drug-likeness (QED) is 0.801. The summed E-state index contributed by atoms with van der Waals surface area (Å²) in [4.78, 5) is 44.0. The lowest BCUT2D eigenvalue weighted by Gasteiger charge is -2.15. The number of rotatable bonds is 5. The zero-order valence-corrected chi connectivity index (χ0v) is 14.9. The molecular weight excluding hydrogens is 354 g/mol. The van der Waals surface area contributed by atoms with Gasteiger partial charge in [-0.3, -0.25) is 9.63 Å². The van der Waals surface area contributed by atoms with Crippen LogP contribution in [0.15, 0.2) is 53.5 Å². The third-order valence-corrected chi connectivity index (χ3v) is 3.61. The number of carboxylic acid groups (broad SMARTS) is 1. The lowest BCUT2D eigenvalue weighted by molar-refractivity contribution is -0.167. The molecule has 0 spiro atoms. The van der Waals surface area contributed by atoms with Gasteiger partial charge in [0, 0.05) is 12.7 Å². The summed E-state index contributed by atoms with van der Waals surface area (Å²) in [6.07, 6.45) is -2.57. The minimum absolute atomic E-state index is 0.00700. The third kappa shape index (κ3) is 5.51. The molecule has 27 heavy (non-hydrogen) atoms. The minimum Gasteiger partial charge on any atom is -0.464 e. The summed E-state index contributed by atoms with van der Waals surface area (Å²) in [7, 11) is 2.72. The number of carbonyl (C=O) groups excluding carboxylic acids is 2. The minimum atomic E-state index is -1.38. The lowest BCUT2D eigenvalue weighted by atomic mass is 10.2. The van der Waals surface area contributed by atoms with Gasteiger partial charge in [-0.2, -0.15) is 4.99 Å². The van der Waals surface area contributed by atoms with E-state index >= 15 is 0 Å². The molecule has 0 aliphatic rings. The molecule has 9 heteroatoms. The zero-order chi connectivity index (χ0) is 19.8. The van der Waals surface area contributed by atoms with Crippen molar-refractivity contribution >= 4 is 18.1 Å². The molecule has 0 bridgehead atoms. The maximum absolute atomic E-state index is 12.0. The Morgan fingerprint density at radius 3 is 2.44 bits per heavy atom. The van der Waals surface area contributed by atoms with E-state index in [2.05, 4.69) is 4.99 Å². The fraction of sp³-hybridized carbons (Fsp3) is 0.222. The van der Waals surface area contributed by atoms with Gasteiger partial charge in [-0.15, -0.1) is 0 Å². The first-order valence-electron chi connectivity index (χ1n) is 7.92. The van der Waals surface area contributed by atoms with Crippen molar-refractivity contribution in [1.29, 1.82) is 0 Å². The second kappa shape index (κ2) is 9.30. The summed E-state index contributed by atoms with van der Waals surface area (Å²) >= 11 is 0. The van der Waals surface area contributed by atoms with E-state index in [-0.39, 0.29) is 24.2 Å². The Labute approximate surface area is 155 Å². The second-order valence-electron chi connectivity index (χ2n) is 5.40. The van der Waals surface area contributed by atoms with E-state index in [1.807, 2.05) is 6.07 Å². The molecule has 0 saturated heterocycles. The van der Waals surface area contributed by atoms with Crippen LogP contribution >= 0.6 is 0 Å². The molecule has 2 aromatic rings. The molecule has 0 radical (unpaired) electrons. The third-order valence-electron chi connectivity index (χ3n) is 3.61. The highest BCUT2D eigenvalue weighted by molar-refractivity contribution is 5.79. The highest BCUT2D eigenvalue weighted by Crippen LogP contribution is 2.03. The first kappa shape index (κ1) is 19.9. The number of benzene rings is 1. The van der Waals surface area contributed by atoms with Crippen LogP contribution in [0.2, 0.25) is 0 Å². The van der Waals surface area contributed by atoms with Crippen LogP contribution in [-0.4, -0.2) is 47.0 Å². The van der Waals surface area contributed by atoms with E-state index in [9.17, 15) is 19.5 Å². The number of ether oxygens (including phenoxy) is 1. The van der Waals surface area contributed by atoms with Crippen LogP contribution in [0.4, 0.5) is 9.59 Å². The Balaban J connectivity index is 2.26. The molecule has 0 fully saturated rings. The van der Waals surface area contributed by atoms with E-state index in [1.165, 1.54) is 32.4 Å². The van der Waals surface area contributed by atoms with E-state index in [1.54, 1.807) is 24.3 Å². The van der Waals surface area contributed by atoms with Gasteiger partial charge < -0.3 is 9.84 Å². The van der Waals surface area contributed by atoms with Crippen molar-refractivity contribution in [3.8, 4) is 0 Å². The molecule has 142 valence electrons. The summed E-state index contributed by atoms with van der Waals surface area (Å²) < 4.78 is 5.79. The number of aromatic nitrogens is 1. The summed E-state index contributed by atoms with van der Waals surface area (Å²) in [5.74, 6) is -0.462. The number of likely N-dealkylation sites (N-methyl/N-ethyl adjacent to an activating group) is 1. The van der Waals surface area contributed by atoms with Crippen LogP contribution in [0.5, 0.6) is 0 Å². The van der Waals surface area contributed by atoms with Crippen LogP contribution in [-0.2, 0) is 27.4 Å². The average Bonchev–Trinajstić information content (AvgIpc) is 2.66. The van der Waals surface area contributed by atoms with Crippen LogP contribution in [0.1, 0.15) is 11.3 Å². The maximum atomic E-state index is 12.0. The van der Waals surface area contributed by atoms with Crippen LogP contribution in [0.3, 0.4) is 0 Å². The normalized spacial score (nSPS) is 11.1. The highest BCUT2D eigenvalue weighted by atomic mass is 16.7. The summed E-state index contributed by atoms with van der Waals surface area (Å²) in [5, 5.41) is 10.4. The fourth-order valence-corrected chi connectivity index (χ4v) is 2.20. The standard InChI is InChI=1S/C18H19N3O6/c1-20(26-2)16(22)11-14-9-6-10-15(21(14)18(24)25)19-17(23)27-12-13-7-4-3-5-8-13/h3-10H,11-12H2,1-2H3,(H,24,25). The van der Waals surface area contributed by atoms with Crippen molar-refractivity contribution in [3.63, 3.8) is 0 Å². The van der Waals surface area contributed by atoms with Gasteiger partial charge in [0.05, 0.1) is 13.5 Å². The molecule has 2 amide bonds. The smallest absolute Gasteiger partial charge is 0.435 e. The number of carbonyl (C=O) groups is 3. The van der Waals surface area contributed by atoms with Crippen LogP contribution < -0.4 is 5.49 Å². The van der Waals surface area contributed by atoms with Crippen molar-refractivity contribution in [2.45, 2.75) is 13.0 Å². The van der Waals surface area contributed by atoms with E-state index < -0.39 is 18.1 Å². The van der Waals surface area contributed by atoms with Crippen molar-refractivity contribution < 1.29 is 29.1 Å². The van der Waals surface area contributed by atoms with E-state index in [4.69, 9.17) is 9.57 Å². The van der Waals surface area contributed by atoms with E-state index in [0.717, 1.165) is 15.2 Å². The Hall–Kier alpha value is -3.46. The van der Waals surface area contributed by atoms with Gasteiger partial charge in [0.15, 0.2) is 0 Å². The number of hydrogen-bond acceptors (Lipinski definition) is 5. The topological polar surface area (TPSA) is 110 Å². The van der Waals surface area contributed by atoms with Gasteiger partial charge in [0.1, 0.15) is 12.1 Å². The molecule has 9 nitrogen and oxygen atoms in total. The van der Waals surface area contributed by atoms with Crippen molar-refractivity contribution in [1.82, 2.24) is 9.63 Å². The van der Waals surface area contributed by atoms with Crippen LogP contribution in [0.25, 0.3) is 0 Å². The van der Waals surface area contributed by atoms with Gasteiger partial charge >= 0.3 is 12.2 Å². The molecule has 1 aromatic heterocycles. The Morgan fingerprint density at radius 2 is 1.81 bits per heavy atom. The van der Waals surface area contributed by atoms with Crippen molar-refractivity contribution in [2.75, 3.05) is 14.2 Å². The van der Waals surface area contributed by atoms with Gasteiger partial charge in [-0.1, -0.05) is 36.4 Å². The first-order chi connectivity index (χ1) is 12.9. The Kier molecular flexibility index (Phi) is 6.84. The molecule has 1 heterocycles. The fourth-order valence-electron chi connectivity index (χ4n) is 2.20. The Bertz CT molecular complexity index is 891. The Morgan fingerprint density at radius 1 is 1.11 bits per heavy atom. The highest BCUT2D eigenvalue weighted by Gasteiger charge is 2.16. The van der Waals surface area contributed by atoms with E-state index in [0.29, 0.717) is 0 Å². The zero-order valence-electron chi connectivity index (χ0n) is 14.9. The van der Waals surface area contributed by atoms with Crippen LogP contribution in [0, 0.1) is 0 Å². The average molecular weight is 373 g/mol. The first-order valence-corrected chi connectivity index (χ1v) is 7.92. The molecular formula is C18H19N3O6. The number of hydrogen-bond donors (Lipinski definition) is 1. The van der Waals surface area contributed by atoms with Gasteiger partial charge in [0.2, 0.25) is 0 Å². The monoisotopic (exact) mass is 373 g/mol. The predicted octanol–water partition coefficient (Wildman–Crippen LogP) is 1.81. The molecule has 0 atom stereocenters. The number of pyridine rings is 1. The summed E-state index contributed by atoms with van der Waals surface area (Å²) in [6, 6.07) is 13.3. The largest absolute Gasteiger partial charge is 0.464 e. The molecule has 0 unspecified atom stereocenters. The van der Waals surface area contributed by atoms with Crippen molar-refractivity contribution in [3.05, 3.63) is 65.3 Å². The van der Waals surface area contributed by atoms with Gasteiger partial charge in [-0.05, 0) is 17.7 Å². The number of amides is 2. The SMILES string of the molecule is CON(C)C(=O)Cc1cccc(=NC(=O)OCc2ccccc2)n1C(=O)O. The molecule has 0 aliphatic carbocycles. The number of hydroxylamine groups is 2. The molecule has 1 N–H and O–H groups in total. The lowest BCUT2D eigenvalue weighted by Crippen LogP contribution is -2.34. The predicted molar refractivity (Wildman–Crippen MR) is 93.5 cm³/mol. The summed E-state index contributed by atoms with van der Waals surface area (Å²) in [6.45, 7) is 0.00700. The van der Waals surface area contributed by atoms with Gasteiger partial charge in [-0.25, -0.2) is 19.2 Å². The summed E-state index contributed by atoms with van der Waals surface area (Å²) in [5.41, 5.74) is 0.744. The molecule has 2 rings (SSSR count). The molecule has 0 aliphatic heterocycles. The maximum Gasteiger partial charge on any atom is 0.435 e. The molecule has 1 aromatic carbocycles. The van der Waals surface area contributed by atoms with Gasteiger partial charge in [0.25, 0.3) is 5.91 Å².